The highest BCUT2D eigenvalue weighted by atomic mass is 16.3. The molecule has 0 aliphatic rings. The third-order valence-corrected chi connectivity index (χ3v) is 3.63. The van der Waals surface area contributed by atoms with E-state index >= 15 is 0 Å². The molecule has 1 N–H and O–H groups in total. The summed E-state index contributed by atoms with van der Waals surface area (Å²) in [6.45, 7) is 14.5. The number of phenolic OH excluding ortho intramolecular Hbond substituents is 1. The van der Waals surface area contributed by atoms with Gasteiger partial charge in [0.25, 0.3) is 0 Å². The van der Waals surface area contributed by atoms with Gasteiger partial charge in [-0.1, -0.05) is 36.8 Å². The maximum Gasteiger partial charge on any atom is 0.118 e. The molecule has 1 atom stereocenters. The summed E-state index contributed by atoms with van der Waals surface area (Å²) >= 11 is 0. The van der Waals surface area contributed by atoms with Crippen molar-refractivity contribution in [2.45, 2.75) is 59.8 Å². The maximum atomic E-state index is 9.99. The number of allylic oxidation sites excluding steroid dienone is 3. The molecular weight excluding hydrogens is 244 g/mol. The average Bonchev–Trinajstić information content (AvgIpc) is 2.32. The number of benzene rings is 1. The van der Waals surface area contributed by atoms with Gasteiger partial charge in [0.15, 0.2) is 0 Å². The second-order valence-electron chi connectivity index (χ2n) is 6.23. The molecule has 0 amide bonds. The van der Waals surface area contributed by atoms with E-state index in [4.69, 9.17) is 0 Å². The number of aromatic hydroxyl groups is 1. The summed E-state index contributed by atoms with van der Waals surface area (Å²) in [6, 6.07) is 4.05. The molecule has 0 aliphatic heterocycles. The first-order valence-corrected chi connectivity index (χ1v) is 7.41. The van der Waals surface area contributed by atoms with E-state index in [1.54, 1.807) is 0 Å². The lowest BCUT2D eigenvalue weighted by Gasteiger charge is -2.18. The van der Waals surface area contributed by atoms with Crippen molar-refractivity contribution in [2.24, 2.45) is 0 Å². The van der Waals surface area contributed by atoms with Crippen molar-refractivity contribution in [1.29, 1.82) is 0 Å². The maximum absolute atomic E-state index is 9.99. The van der Waals surface area contributed by atoms with Crippen LogP contribution in [0.2, 0.25) is 0 Å². The van der Waals surface area contributed by atoms with E-state index in [1.165, 1.54) is 16.7 Å². The van der Waals surface area contributed by atoms with Crippen LogP contribution in [0.5, 0.6) is 5.75 Å². The van der Waals surface area contributed by atoms with Gasteiger partial charge in [-0.3, -0.25) is 0 Å². The van der Waals surface area contributed by atoms with Gasteiger partial charge in [0, 0.05) is 0 Å². The summed E-state index contributed by atoms with van der Waals surface area (Å²) in [6.07, 6.45) is 5.37. The van der Waals surface area contributed by atoms with E-state index in [1.807, 2.05) is 13.0 Å². The smallest absolute Gasteiger partial charge is 0.118 e. The topological polar surface area (TPSA) is 20.2 Å². The zero-order valence-electron chi connectivity index (χ0n) is 13.6. The minimum Gasteiger partial charge on any atom is -0.508 e. The van der Waals surface area contributed by atoms with Gasteiger partial charge in [-0.2, -0.15) is 0 Å². The molecule has 110 valence electrons. The Bertz CT molecular complexity index is 505. The molecule has 1 aromatic rings. The van der Waals surface area contributed by atoms with Gasteiger partial charge in [-0.25, -0.2) is 0 Å². The predicted molar refractivity (Wildman–Crippen MR) is 88.4 cm³/mol. The molecule has 0 unspecified atom stereocenters. The molecule has 0 saturated heterocycles. The summed E-state index contributed by atoms with van der Waals surface area (Å²) in [7, 11) is 0. The lowest BCUT2D eigenvalue weighted by atomic mass is 9.88. The normalized spacial score (nSPS) is 12.1. The number of hydrogen-bond donors (Lipinski definition) is 1. The van der Waals surface area contributed by atoms with Crippen molar-refractivity contribution >= 4 is 0 Å². The van der Waals surface area contributed by atoms with E-state index in [0.29, 0.717) is 11.7 Å². The Hall–Kier alpha value is -1.50. The van der Waals surface area contributed by atoms with Crippen LogP contribution in [0.15, 0.2) is 35.9 Å². The van der Waals surface area contributed by atoms with Crippen LogP contribution in [0.3, 0.4) is 0 Å². The predicted octanol–water partition coefficient (Wildman–Crippen LogP) is 5.67. The Kier molecular flexibility index (Phi) is 6.06. The molecule has 1 nitrogen and oxygen atoms in total. The quantitative estimate of drug-likeness (QED) is 0.661. The molecular formula is C19H28O. The number of aryl methyl sites for hydroxylation is 1. The molecule has 0 aromatic heterocycles. The molecule has 1 aromatic carbocycles. The van der Waals surface area contributed by atoms with Gasteiger partial charge < -0.3 is 5.11 Å². The minimum absolute atomic E-state index is 0.402. The van der Waals surface area contributed by atoms with E-state index < -0.39 is 0 Å². The van der Waals surface area contributed by atoms with Crippen LogP contribution < -0.4 is 0 Å². The van der Waals surface area contributed by atoms with E-state index in [2.05, 4.69) is 46.4 Å². The Balaban J connectivity index is 2.98. The number of hydrogen-bond acceptors (Lipinski definition) is 1. The van der Waals surface area contributed by atoms with Crippen LogP contribution in [-0.2, 0) is 6.42 Å². The fourth-order valence-corrected chi connectivity index (χ4v) is 2.49. The number of phenols is 1. The summed E-state index contributed by atoms with van der Waals surface area (Å²) in [5.74, 6) is 0.853. The molecule has 0 aliphatic carbocycles. The average molecular weight is 272 g/mol. The monoisotopic (exact) mass is 272 g/mol. The summed E-state index contributed by atoms with van der Waals surface area (Å²) < 4.78 is 0. The minimum atomic E-state index is 0.402. The highest BCUT2D eigenvalue weighted by molar-refractivity contribution is 5.44. The summed E-state index contributed by atoms with van der Waals surface area (Å²) in [5, 5.41) is 9.99. The van der Waals surface area contributed by atoms with Gasteiger partial charge in [-0.05, 0) is 75.6 Å². The fraction of sp³-hybridized carbons (Fsp3) is 0.474. The van der Waals surface area contributed by atoms with Crippen molar-refractivity contribution in [3.63, 3.8) is 0 Å². The standard InChI is InChI=1S/C19H28O/c1-13(2)8-7-9-15(5)18-12-19(20)16(6)11-17(18)10-14(3)4/h8,11-12,15,20H,3,7,9-10H2,1-2,4-6H3/t15-/m1/s1. The van der Waals surface area contributed by atoms with Crippen molar-refractivity contribution in [1.82, 2.24) is 0 Å². The van der Waals surface area contributed by atoms with Crippen LogP contribution in [0.4, 0.5) is 0 Å². The molecule has 20 heavy (non-hydrogen) atoms. The van der Waals surface area contributed by atoms with Crippen LogP contribution in [0.1, 0.15) is 63.1 Å². The molecule has 0 bridgehead atoms. The Morgan fingerprint density at radius 3 is 2.50 bits per heavy atom. The first kappa shape index (κ1) is 16.6. The molecule has 0 spiro atoms. The Labute approximate surface area is 124 Å². The van der Waals surface area contributed by atoms with Crippen LogP contribution in [0, 0.1) is 6.92 Å². The van der Waals surface area contributed by atoms with Gasteiger partial charge in [-0.15, -0.1) is 0 Å². The second kappa shape index (κ2) is 7.33. The largest absolute Gasteiger partial charge is 0.508 e. The summed E-state index contributed by atoms with van der Waals surface area (Å²) in [4.78, 5) is 0. The van der Waals surface area contributed by atoms with E-state index in [0.717, 1.165) is 30.4 Å². The molecule has 0 fully saturated rings. The Morgan fingerprint density at radius 1 is 1.30 bits per heavy atom. The highest BCUT2D eigenvalue weighted by Gasteiger charge is 2.13. The first-order chi connectivity index (χ1) is 9.31. The third kappa shape index (κ3) is 4.88. The van der Waals surface area contributed by atoms with Crippen LogP contribution in [-0.4, -0.2) is 5.11 Å². The van der Waals surface area contributed by atoms with Gasteiger partial charge >= 0.3 is 0 Å². The SMILES string of the molecule is C=C(C)Cc1cc(C)c(O)cc1[C@H](C)CCC=C(C)C. The van der Waals surface area contributed by atoms with E-state index in [-0.39, 0.29) is 0 Å². The van der Waals surface area contributed by atoms with Crippen molar-refractivity contribution in [2.75, 3.05) is 0 Å². The molecule has 0 saturated carbocycles. The summed E-state index contributed by atoms with van der Waals surface area (Å²) in [5.41, 5.74) is 6.04. The molecule has 0 radical (unpaired) electrons. The first-order valence-electron chi connectivity index (χ1n) is 7.41. The van der Waals surface area contributed by atoms with Crippen molar-refractivity contribution < 1.29 is 5.11 Å². The van der Waals surface area contributed by atoms with Gasteiger partial charge in [0.2, 0.25) is 0 Å². The third-order valence-electron chi connectivity index (χ3n) is 3.63. The Morgan fingerprint density at radius 2 is 1.95 bits per heavy atom. The van der Waals surface area contributed by atoms with Gasteiger partial charge in [0.1, 0.15) is 5.75 Å². The molecule has 1 heteroatoms. The zero-order chi connectivity index (χ0) is 15.3. The van der Waals surface area contributed by atoms with Crippen LogP contribution in [0.25, 0.3) is 0 Å². The van der Waals surface area contributed by atoms with Crippen LogP contribution >= 0.6 is 0 Å². The lowest BCUT2D eigenvalue weighted by molar-refractivity contribution is 0.469. The molecule has 1 rings (SSSR count). The fourth-order valence-electron chi connectivity index (χ4n) is 2.49. The number of rotatable bonds is 6. The van der Waals surface area contributed by atoms with Gasteiger partial charge in [0.05, 0.1) is 0 Å². The zero-order valence-corrected chi connectivity index (χ0v) is 13.6. The molecule has 0 heterocycles. The lowest BCUT2D eigenvalue weighted by Crippen LogP contribution is -2.01. The van der Waals surface area contributed by atoms with Crippen molar-refractivity contribution in [3.8, 4) is 5.75 Å². The highest BCUT2D eigenvalue weighted by Crippen LogP contribution is 2.31. The second-order valence-corrected chi connectivity index (χ2v) is 6.23. The van der Waals surface area contributed by atoms with Crippen molar-refractivity contribution in [3.05, 3.63) is 52.6 Å². The van der Waals surface area contributed by atoms with E-state index in [9.17, 15) is 5.11 Å².